The van der Waals surface area contributed by atoms with Crippen LogP contribution >= 0.6 is 21.6 Å². The Kier molecular flexibility index (Phi) is 40.6. The number of nitrogens with two attached hydrogens (primary N) is 1. The molecule has 0 fully saturated rings. The van der Waals surface area contributed by atoms with Crippen LogP contribution in [-0.2, 0) is 73.2 Å². The molecule has 2 rings (SSSR count). The van der Waals surface area contributed by atoms with Gasteiger partial charge >= 0.3 is 18.2 Å². The van der Waals surface area contributed by atoms with Crippen molar-refractivity contribution in [1.29, 1.82) is 0 Å². The zero-order valence-electron chi connectivity index (χ0n) is 47.5. The predicted octanol–water partition coefficient (Wildman–Crippen LogP) is 3.31. The molecule has 0 spiro atoms. The summed E-state index contributed by atoms with van der Waals surface area (Å²) in [6.07, 6.45) is 1.30. The van der Waals surface area contributed by atoms with Gasteiger partial charge in [0.2, 0.25) is 23.6 Å². The van der Waals surface area contributed by atoms with Crippen LogP contribution in [0.1, 0.15) is 65.9 Å². The predicted molar refractivity (Wildman–Crippen MR) is 304 cm³/mol. The molecule has 9 N–H and O–H groups in total. The molecule has 2 atom stereocenters. The lowest BCUT2D eigenvalue weighted by Gasteiger charge is -2.25. The monoisotopic (exact) mass is 1190 g/mol. The number of pyridine rings is 1. The van der Waals surface area contributed by atoms with E-state index in [1.54, 1.807) is 86.7 Å². The average Bonchev–Trinajstić information content (AvgIpc) is 3.43. The van der Waals surface area contributed by atoms with Gasteiger partial charge in [0.15, 0.2) is 0 Å². The Morgan fingerprint density at radius 3 is 1.64 bits per heavy atom. The second kappa shape index (κ2) is 46.0. The molecule has 1 aromatic heterocycles. The Balaban J connectivity index is 1.48. The third-order valence-electron chi connectivity index (χ3n) is 10.4. The zero-order valence-corrected chi connectivity index (χ0v) is 49.1. The molecule has 0 aliphatic rings. The van der Waals surface area contributed by atoms with Gasteiger partial charge in [-0.25, -0.2) is 19.4 Å². The number of benzene rings is 1. The standard InChI is InChI=1S/C53H87N9O17S2/c1-40(2)47(49(66)61-43(9-8-18-57-50(54)67)48(65)60-42-13-11-41(12-14-42)39-78-51(68)58-19-20-59-52(69)79-53(3,4)5)62-45(64)15-22-70-24-26-72-28-30-74-32-34-76-36-37-77-35-33-75-31-29-73-27-25-71-23-21-55-44(63)16-38-80-81-46-10-6-7-17-56-46/h6-7,10-14,17,40,43,47H,8-9,15-16,18-39H2,1-5H3,(H,55,63)(H,58,68)(H,59,69)(H,60,65)(H,61,66)(H,62,64)(H3,54,57,67)/t43-,47-/m0/s1. The number of carbonyl (C=O) groups is 7. The summed E-state index contributed by atoms with van der Waals surface area (Å²) >= 11 is 0. The SMILES string of the molecule is CC(C)[C@H](NC(=O)CCOCCOCCOCCOCCOCCOCCOCCOCCNC(=O)CCSSc1ccccn1)C(=O)N[C@@H](CCCNC(N)=O)C(=O)Nc1ccc(COC(=O)NCCNC(=O)OC(C)(C)C)cc1. The molecule has 0 aliphatic heterocycles. The highest BCUT2D eigenvalue weighted by atomic mass is 33.1. The van der Waals surface area contributed by atoms with E-state index in [-0.39, 0.29) is 70.7 Å². The first-order valence-electron chi connectivity index (χ1n) is 27.0. The van der Waals surface area contributed by atoms with E-state index in [0.717, 1.165) is 5.03 Å². The molecule has 28 heteroatoms. The van der Waals surface area contributed by atoms with Crippen molar-refractivity contribution >= 4 is 69.1 Å². The number of amides is 8. The number of primary amides is 1. The van der Waals surface area contributed by atoms with E-state index < -0.39 is 53.6 Å². The Labute approximate surface area is 483 Å². The summed E-state index contributed by atoms with van der Waals surface area (Å²) in [5, 5.41) is 19.5. The van der Waals surface area contributed by atoms with Gasteiger partial charge in [0, 0.05) is 56.7 Å². The summed E-state index contributed by atoms with van der Waals surface area (Å²) < 4.78 is 54.5. The van der Waals surface area contributed by atoms with Gasteiger partial charge in [-0.1, -0.05) is 42.8 Å². The topological polar surface area (TPSA) is 335 Å². The number of nitrogens with zero attached hydrogens (tertiary/aromatic N) is 1. The van der Waals surface area contributed by atoms with Crippen LogP contribution in [0.3, 0.4) is 0 Å². The number of anilines is 1. The zero-order chi connectivity index (χ0) is 59.2. The highest BCUT2D eigenvalue weighted by molar-refractivity contribution is 8.76. The average molecular weight is 1190 g/mol. The van der Waals surface area contributed by atoms with Crippen molar-refractivity contribution in [2.24, 2.45) is 11.7 Å². The van der Waals surface area contributed by atoms with Crippen LogP contribution in [0.25, 0.3) is 0 Å². The third kappa shape index (κ3) is 41.1. The van der Waals surface area contributed by atoms with Gasteiger partial charge in [0.05, 0.1) is 106 Å². The van der Waals surface area contributed by atoms with E-state index in [2.05, 4.69) is 42.2 Å². The molecule has 0 bridgehead atoms. The van der Waals surface area contributed by atoms with E-state index in [0.29, 0.717) is 122 Å². The van der Waals surface area contributed by atoms with Crippen molar-refractivity contribution in [3.63, 3.8) is 0 Å². The number of aromatic nitrogens is 1. The maximum atomic E-state index is 13.5. The summed E-state index contributed by atoms with van der Waals surface area (Å²) in [6.45, 7) is 15.5. The molecule has 81 heavy (non-hydrogen) atoms. The van der Waals surface area contributed by atoms with Crippen molar-refractivity contribution in [3.8, 4) is 0 Å². The van der Waals surface area contributed by atoms with Gasteiger partial charge in [-0.2, -0.15) is 0 Å². The van der Waals surface area contributed by atoms with Crippen molar-refractivity contribution in [1.82, 2.24) is 36.9 Å². The van der Waals surface area contributed by atoms with Gasteiger partial charge in [0.1, 0.15) is 29.3 Å². The number of urea groups is 1. The quantitative estimate of drug-likeness (QED) is 0.0348. The van der Waals surface area contributed by atoms with Crippen LogP contribution in [0.4, 0.5) is 20.1 Å². The second-order valence-electron chi connectivity index (χ2n) is 18.7. The van der Waals surface area contributed by atoms with E-state index in [1.165, 1.54) is 0 Å². The molecule has 0 saturated carbocycles. The molecule has 26 nitrogen and oxygen atoms in total. The van der Waals surface area contributed by atoms with Crippen LogP contribution in [0.5, 0.6) is 0 Å². The van der Waals surface area contributed by atoms with E-state index in [1.807, 2.05) is 18.2 Å². The minimum absolute atomic E-state index is 0.00746. The Bertz CT molecular complexity index is 2050. The molecule has 0 unspecified atom stereocenters. The van der Waals surface area contributed by atoms with Crippen LogP contribution in [0.2, 0.25) is 0 Å². The van der Waals surface area contributed by atoms with Crippen molar-refractivity contribution in [2.75, 3.05) is 143 Å². The summed E-state index contributed by atoms with van der Waals surface area (Å²) in [5.41, 5.74) is 5.57. The fraction of sp³-hybridized carbons (Fsp3) is 0.660. The molecular weight excluding hydrogens is 1100 g/mol. The van der Waals surface area contributed by atoms with Gasteiger partial charge in [-0.05, 0) is 80.2 Å². The van der Waals surface area contributed by atoms with E-state index >= 15 is 0 Å². The highest BCUT2D eigenvalue weighted by Crippen LogP contribution is 2.29. The molecule has 0 saturated heterocycles. The molecule has 0 radical (unpaired) electrons. The van der Waals surface area contributed by atoms with Crippen molar-refractivity contribution in [2.45, 2.75) is 89.6 Å². The highest BCUT2D eigenvalue weighted by Gasteiger charge is 2.29. The molecule has 1 aromatic carbocycles. The minimum Gasteiger partial charge on any atom is -0.445 e. The molecule has 2 aromatic rings. The largest absolute Gasteiger partial charge is 0.445 e. The molecule has 458 valence electrons. The summed E-state index contributed by atoms with van der Waals surface area (Å²) in [5.74, 6) is -1.18. The smallest absolute Gasteiger partial charge is 0.407 e. The van der Waals surface area contributed by atoms with Gasteiger partial charge in [0.25, 0.3) is 0 Å². The number of alkyl carbamates (subject to hydrolysis) is 2. The Morgan fingerprint density at radius 2 is 1.12 bits per heavy atom. The lowest BCUT2D eigenvalue weighted by atomic mass is 10.0. The molecule has 0 aliphatic carbocycles. The number of hydrogen-bond acceptors (Lipinski definition) is 20. The first-order valence-corrected chi connectivity index (χ1v) is 29.3. The molecule has 1 heterocycles. The van der Waals surface area contributed by atoms with Crippen LogP contribution in [-0.4, -0.2) is 202 Å². The first kappa shape index (κ1) is 71.5. The minimum atomic E-state index is -1.05. The maximum Gasteiger partial charge on any atom is 0.407 e. The van der Waals surface area contributed by atoms with Gasteiger partial charge in [-0.3, -0.25) is 19.2 Å². The van der Waals surface area contributed by atoms with Gasteiger partial charge < -0.3 is 90.3 Å². The van der Waals surface area contributed by atoms with Crippen molar-refractivity contribution in [3.05, 3.63) is 54.2 Å². The lowest BCUT2D eigenvalue weighted by molar-refractivity contribution is -0.132. The van der Waals surface area contributed by atoms with Gasteiger partial charge in [-0.15, -0.1) is 0 Å². The van der Waals surface area contributed by atoms with Crippen molar-refractivity contribution < 1.29 is 80.9 Å². The fourth-order valence-corrected chi connectivity index (χ4v) is 8.24. The van der Waals surface area contributed by atoms with E-state index in [4.69, 9.17) is 53.1 Å². The van der Waals surface area contributed by atoms with Crippen LogP contribution < -0.4 is 43.0 Å². The van der Waals surface area contributed by atoms with Crippen LogP contribution in [0, 0.1) is 5.92 Å². The van der Waals surface area contributed by atoms with E-state index in [9.17, 15) is 33.6 Å². The third-order valence-corrected chi connectivity index (χ3v) is 12.6. The molecule has 8 amide bonds. The summed E-state index contributed by atoms with van der Waals surface area (Å²) in [4.78, 5) is 91.2. The Hall–Kier alpha value is -5.56. The first-order chi connectivity index (χ1) is 39.0. The number of rotatable bonds is 47. The lowest BCUT2D eigenvalue weighted by Crippen LogP contribution is -2.54. The molecular formula is C53H87N9O17S2. The second-order valence-corrected chi connectivity index (χ2v) is 21.2. The summed E-state index contributed by atoms with van der Waals surface area (Å²) in [7, 11) is 3.15. The maximum absolute atomic E-state index is 13.5. The number of hydrogen-bond donors (Lipinski definition) is 8. The number of carbonyl (C=O) groups excluding carboxylic acids is 7. The normalized spacial score (nSPS) is 12.0. The number of ether oxygens (including phenoxy) is 10. The van der Waals surface area contributed by atoms with Crippen LogP contribution in [0.15, 0.2) is 53.7 Å². The fourth-order valence-electron chi connectivity index (χ4n) is 6.38. The Morgan fingerprint density at radius 1 is 0.580 bits per heavy atom. The number of nitrogens with one attached hydrogen (secondary N) is 7. The summed E-state index contributed by atoms with van der Waals surface area (Å²) in [6, 6.07) is 9.50.